The van der Waals surface area contributed by atoms with Crippen LogP contribution in [-0.2, 0) is 9.53 Å². The molecule has 2 aromatic carbocycles. The van der Waals surface area contributed by atoms with Crippen molar-refractivity contribution in [2.24, 2.45) is 5.92 Å². The maximum atomic E-state index is 13.7. The molecule has 0 saturated carbocycles. The van der Waals surface area contributed by atoms with E-state index in [-0.39, 0.29) is 23.5 Å². The number of methoxy groups -OCH3 is 1. The zero-order valence-corrected chi connectivity index (χ0v) is 15.2. The highest BCUT2D eigenvalue weighted by Crippen LogP contribution is 2.34. The number of hydrogen-bond acceptors (Lipinski definition) is 3. The molecule has 0 bridgehead atoms. The summed E-state index contributed by atoms with van der Waals surface area (Å²) in [5.41, 5.74) is 1.31. The number of carbonyl (C=O) groups is 2. The largest absolute Gasteiger partial charge is 0.383 e. The van der Waals surface area contributed by atoms with Crippen LogP contribution in [0.3, 0.4) is 0 Å². The van der Waals surface area contributed by atoms with Gasteiger partial charge in [-0.25, -0.2) is 4.39 Å². The molecule has 5 nitrogen and oxygen atoms in total. The molecule has 1 N–H and O–H groups in total. The van der Waals surface area contributed by atoms with Gasteiger partial charge in [-0.2, -0.15) is 0 Å². The molecule has 142 valence electrons. The van der Waals surface area contributed by atoms with E-state index in [2.05, 4.69) is 5.32 Å². The van der Waals surface area contributed by atoms with Gasteiger partial charge in [-0.1, -0.05) is 30.3 Å². The minimum absolute atomic E-state index is 0.121. The first-order valence-corrected chi connectivity index (χ1v) is 8.96. The zero-order chi connectivity index (χ0) is 19.2. The summed E-state index contributed by atoms with van der Waals surface area (Å²) in [4.78, 5) is 27.2. The lowest BCUT2D eigenvalue weighted by Crippen LogP contribution is -2.37. The van der Waals surface area contributed by atoms with Gasteiger partial charge in [0.05, 0.1) is 12.5 Å². The number of nitrogens with one attached hydrogen (secondary N) is 1. The number of amides is 2. The van der Waals surface area contributed by atoms with Crippen molar-refractivity contribution in [2.45, 2.75) is 5.92 Å². The summed E-state index contributed by atoms with van der Waals surface area (Å²) in [6.45, 7) is 1.48. The number of ether oxygens (including phenoxy) is 1. The van der Waals surface area contributed by atoms with Crippen molar-refractivity contribution >= 4 is 11.8 Å². The van der Waals surface area contributed by atoms with Gasteiger partial charge in [-0.15, -0.1) is 0 Å². The first-order valence-electron chi connectivity index (χ1n) is 8.96. The minimum Gasteiger partial charge on any atom is -0.383 e. The molecule has 0 spiro atoms. The summed E-state index contributed by atoms with van der Waals surface area (Å²) < 4.78 is 18.7. The summed E-state index contributed by atoms with van der Waals surface area (Å²) >= 11 is 0. The fourth-order valence-corrected chi connectivity index (χ4v) is 3.48. The van der Waals surface area contributed by atoms with E-state index in [1.165, 1.54) is 12.1 Å². The van der Waals surface area contributed by atoms with Crippen molar-refractivity contribution < 1.29 is 18.7 Å². The third kappa shape index (κ3) is 4.52. The second kappa shape index (κ2) is 8.77. The van der Waals surface area contributed by atoms with E-state index >= 15 is 0 Å². The van der Waals surface area contributed by atoms with E-state index in [1.807, 2.05) is 18.2 Å². The van der Waals surface area contributed by atoms with Crippen molar-refractivity contribution in [3.05, 3.63) is 71.5 Å². The number of halogens is 1. The summed E-state index contributed by atoms with van der Waals surface area (Å²) in [7, 11) is 1.57. The first-order chi connectivity index (χ1) is 13.1. The Morgan fingerprint density at radius 1 is 1.15 bits per heavy atom. The number of likely N-dealkylation sites (tertiary alicyclic amines) is 1. The molecule has 2 amide bonds. The molecular formula is C21H23FN2O3. The van der Waals surface area contributed by atoms with Gasteiger partial charge in [-0.05, 0) is 29.8 Å². The van der Waals surface area contributed by atoms with Crippen LogP contribution in [0.1, 0.15) is 21.8 Å². The first kappa shape index (κ1) is 19.0. The normalized spacial score (nSPS) is 19.1. The van der Waals surface area contributed by atoms with Gasteiger partial charge in [0.25, 0.3) is 5.91 Å². The lowest BCUT2D eigenvalue weighted by atomic mass is 9.88. The third-order valence-electron chi connectivity index (χ3n) is 4.85. The number of hydrogen-bond donors (Lipinski definition) is 1. The molecule has 1 fully saturated rings. The van der Waals surface area contributed by atoms with Crippen LogP contribution in [0.4, 0.5) is 4.39 Å². The molecule has 2 unspecified atom stereocenters. The summed E-state index contributed by atoms with van der Waals surface area (Å²) in [5.74, 6) is -1.31. The predicted octanol–water partition coefficient (Wildman–Crippen LogP) is 2.44. The van der Waals surface area contributed by atoms with Crippen LogP contribution < -0.4 is 5.32 Å². The quantitative estimate of drug-likeness (QED) is 0.795. The average Bonchev–Trinajstić information content (AvgIpc) is 3.14. The van der Waals surface area contributed by atoms with Crippen LogP contribution in [0.15, 0.2) is 54.6 Å². The molecule has 27 heavy (non-hydrogen) atoms. The molecule has 3 rings (SSSR count). The van der Waals surface area contributed by atoms with Gasteiger partial charge in [0.1, 0.15) is 5.82 Å². The minimum atomic E-state index is -0.434. The summed E-state index contributed by atoms with van der Waals surface area (Å²) in [6, 6.07) is 15.2. The van der Waals surface area contributed by atoms with Crippen molar-refractivity contribution in [1.82, 2.24) is 10.2 Å². The van der Waals surface area contributed by atoms with Crippen LogP contribution in [0, 0.1) is 11.7 Å². The van der Waals surface area contributed by atoms with E-state index in [9.17, 15) is 14.0 Å². The van der Waals surface area contributed by atoms with Gasteiger partial charge < -0.3 is 15.0 Å². The Bertz CT molecular complexity index is 797. The number of benzene rings is 2. The van der Waals surface area contributed by atoms with Crippen molar-refractivity contribution in [1.29, 1.82) is 0 Å². The Labute approximate surface area is 158 Å². The van der Waals surface area contributed by atoms with Gasteiger partial charge in [-0.3, -0.25) is 9.59 Å². The molecule has 6 heteroatoms. The second-order valence-corrected chi connectivity index (χ2v) is 6.63. The maximum absolute atomic E-state index is 13.7. The smallest absolute Gasteiger partial charge is 0.253 e. The van der Waals surface area contributed by atoms with E-state index in [0.29, 0.717) is 31.8 Å². The number of rotatable bonds is 6. The molecule has 0 aromatic heterocycles. The van der Waals surface area contributed by atoms with Gasteiger partial charge in [0.15, 0.2) is 0 Å². The van der Waals surface area contributed by atoms with Gasteiger partial charge >= 0.3 is 0 Å². The molecule has 1 aliphatic heterocycles. The highest BCUT2D eigenvalue weighted by Gasteiger charge is 2.40. The van der Waals surface area contributed by atoms with Crippen LogP contribution in [-0.4, -0.2) is 50.1 Å². The van der Waals surface area contributed by atoms with Crippen molar-refractivity contribution in [3.8, 4) is 0 Å². The molecule has 2 atom stereocenters. The fourth-order valence-electron chi connectivity index (χ4n) is 3.48. The van der Waals surface area contributed by atoms with Crippen molar-refractivity contribution in [2.75, 3.05) is 33.4 Å². The zero-order valence-electron chi connectivity index (χ0n) is 15.2. The third-order valence-corrected chi connectivity index (χ3v) is 4.85. The average molecular weight is 370 g/mol. The van der Waals surface area contributed by atoms with Crippen LogP contribution in [0.5, 0.6) is 0 Å². The number of nitrogens with zero attached hydrogens (tertiary/aromatic N) is 1. The highest BCUT2D eigenvalue weighted by atomic mass is 19.1. The Kier molecular flexibility index (Phi) is 6.19. The molecule has 0 radical (unpaired) electrons. The van der Waals surface area contributed by atoms with Crippen LogP contribution in [0.25, 0.3) is 0 Å². The molecule has 1 heterocycles. The predicted molar refractivity (Wildman–Crippen MR) is 99.9 cm³/mol. The van der Waals surface area contributed by atoms with Crippen LogP contribution in [0.2, 0.25) is 0 Å². The Balaban J connectivity index is 1.82. The lowest BCUT2D eigenvalue weighted by molar-refractivity contribution is -0.125. The standard InChI is InChI=1S/C21H23FN2O3/c1-27-11-10-23-20(25)19-14-24(21(26)15-6-3-2-4-7-15)13-18(19)16-8-5-9-17(22)12-16/h2-9,12,18-19H,10-11,13-14H2,1H3,(H,23,25). The van der Waals surface area contributed by atoms with Crippen LogP contribution >= 0.6 is 0 Å². The monoisotopic (exact) mass is 370 g/mol. The topological polar surface area (TPSA) is 58.6 Å². The molecule has 2 aromatic rings. The fraction of sp³-hybridized carbons (Fsp3) is 0.333. The van der Waals surface area contributed by atoms with E-state index in [0.717, 1.165) is 5.56 Å². The second-order valence-electron chi connectivity index (χ2n) is 6.63. The maximum Gasteiger partial charge on any atom is 0.253 e. The summed E-state index contributed by atoms with van der Waals surface area (Å²) in [6.07, 6.45) is 0. The molecule has 1 aliphatic rings. The van der Waals surface area contributed by atoms with E-state index in [1.54, 1.807) is 36.3 Å². The Morgan fingerprint density at radius 2 is 1.93 bits per heavy atom. The molecule has 1 saturated heterocycles. The Morgan fingerprint density at radius 3 is 2.63 bits per heavy atom. The summed E-state index contributed by atoms with van der Waals surface area (Å²) in [5, 5.41) is 2.84. The molecular weight excluding hydrogens is 347 g/mol. The van der Waals surface area contributed by atoms with Gasteiger partial charge in [0.2, 0.25) is 5.91 Å². The van der Waals surface area contributed by atoms with Gasteiger partial charge in [0, 0.05) is 38.2 Å². The number of carbonyl (C=O) groups excluding carboxylic acids is 2. The highest BCUT2D eigenvalue weighted by molar-refractivity contribution is 5.95. The SMILES string of the molecule is COCCNC(=O)C1CN(C(=O)c2ccccc2)CC1c1cccc(F)c1. The Hall–Kier alpha value is -2.73. The molecule has 0 aliphatic carbocycles. The van der Waals surface area contributed by atoms with E-state index < -0.39 is 5.92 Å². The van der Waals surface area contributed by atoms with Crippen molar-refractivity contribution in [3.63, 3.8) is 0 Å². The lowest BCUT2D eigenvalue weighted by Gasteiger charge is -2.18. The van der Waals surface area contributed by atoms with E-state index in [4.69, 9.17) is 4.74 Å².